The first-order valence-corrected chi connectivity index (χ1v) is 11.7. The van der Waals surface area contributed by atoms with Crippen molar-refractivity contribution in [3.8, 4) is 0 Å². The Kier molecular flexibility index (Phi) is 7.48. The van der Waals surface area contributed by atoms with E-state index in [4.69, 9.17) is 0 Å². The number of aromatic nitrogens is 1. The van der Waals surface area contributed by atoms with E-state index in [1.807, 2.05) is 0 Å². The van der Waals surface area contributed by atoms with Gasteiger partial charge in [0.1, 0.15) is 4.90 Å². The van der Waals surface area contributed by atoms with Gasteiger partial charge in [-0.05, 0) is 24.0 Å². The summed E-state index contributed by atoms with van der Waals surface area (Å²) < 4.78 is 23.7. The number of rotatable bonds is 7. The average molecular weight is 440 g/mol. The van der Waals surface area contributed by atoms with Crippen molar-refractivity contribution in [1.82, 2.24) is 4.98 Å². The topological polar surface area (TPSA) is 119 Å². The molecule has 3 rings (SSSR count). The number of nitro benzene ring substituents is 1. The van der Waals surface area contributed by atoms with Gasteiger partial charge in [-0.15, -0.1) is 11.3 Å². The minimum Gasteiger partial charge on any atom is -0.301 e. The van der Waals surface area contributed by atoms with Gasteiger partial charge in [-0.3, -0.25) is 14.9 Å². The number of carbonyl (C=O) groups is 1. The van der Waals surface area contributed by atoms with E-state index in [2.05, 4.69) is 10.3 Å². The Hall–Kier alpha value is -2.33. The van der Waals surface area contributed by atoms with Gasteiger partial charge in [0.15, 0.2) is 15.0 Å². The van der Waals surface area contributed by atoms with E-state index >= 15 is 0 Å². The molecule has 1 aromatic heterocycles. The van der Waals surface area contributed by atoms with Crippen LogP contribution in [0.15, 0.2) is 34.7 Å². The fourth-order valence-electron chi connectivity index (χ4n) is 3.66. The Balaban J connectivity index is 0.00000300. The number of benzene rings is 1. The highest BCUT2D eigenvalue weighted by atomic mass is 32.2. The Morgan fingerprint density at radius 3 is 2.62 bits per heavy atom. The van der Waals surface area contributed by atoms with E-state index < -0.39 is 26.4 Å². The molecule has 1 saturated carbocycles. The quantitative estimate of drug-likeness (QED) is 0.504. The summed E-state index contributed by atoms with van der Waals surface area (Å²) >= 11 is 1.29. The van der Waals surface area contributed by atoms with Crippen LogP contribution in [0.5, 0.6) is 0 Å². The van der Waals surface area contributed by atoms with Crippen LogP contribution in [0.3, 0.4) is 0 Å². The molecule has 1 aromatic carbocycles. The molecule has 1 unspecified atom stereocenters. The molecule has 0 radical (unpaired) electrons. The van der Waals surface area contributed by atoms with Gasteiger partial charge >= 0.3 is 0 Å². The minimum atomic E-state index is -3.76. The van der Waals surface area contributed by atoms with Crippen molar-refractivity contribution in [2.45, 2.75) is 50.3 Å². The van der Waals surface area contributed by atoms with Crippen molar-refractivity contribution in [1.29, 1.82) is 0 Å². The van der Waals surface area contributed by atoms with E-state index in [0.29, 0.717) is 23.0 Å². The van der Waals surface area contributed by atoms with Gasteiger partial charge in [-0.2, -0.15) is 0 Å². The second-order valence-corrected chi connectivity index (χ2v) is 9.90. The molecule has 0 aliphatic heterocycles. The van der Waals surface area contributed by atoms with Gasteiger partial charge in [-0.1, -0.05) is 39.2 Å². The van der Waals surface area contributed by atoms with Gasteiger partial charge < -0.3 is 5.32 Å². The fraction of sp³-hybridized carbons (Fsp3) is 0.474. The van der Waals surface area contributed by atoms with Crippen LogP contribution in [-0.2, 0) is 14.6 Å². The number of carbonyl (C=O) groups excluding carboxylic acids is 1. The number of nitrogens with one attached hydrogen (secondary N) is 1. The second-order valence-electron chi connectivity index (χ2n) is 7.02. The largest absolute Gasteiger partial charge is 0.301 e. The van der Waals surface area contributed by atoms with Gasteiger partial charge in [0, 0.05) is 23.9 Å². The molecule has 1 fully saturated rings. The maximum Gasteiger partial charge on any atom is 0.288 e. The summed E-state index contributed by atoms with van der Waals surface area (Å²) in [5.74, 6) is -0.539. The van der Waals surface area contributed by atoms with Crippen molar-refractivity contribution in [2.24, 2.45) is 5.92 Å². The van der Waals surface area contributed by atoms with Gasteiger partial charge in [0.05, 0.1) is 10.8 Å². The number of amides is 1. The summed E-state index contributed by atoms with van der Waals surface area (Å²) in [6, 6.07) is 3.95. The molecule has 2 aromatic rings. The lowest BCUT2D eigenvalue weighted by molar-refractivity contribution is -0.387. The number of thiazole rings is 1. The Labute approximate surface area is 174 Å². The lowest BCUT2D eigenvalue weighted by Gasteiger charge is -2.20. The summed E-state index contributed by atoms with van der Waals surface area (Å²) in [6.45, 7) is 0. The highest BCUT2D eigenvalue weighted by Crippen LogP contribution is 2.37. The number of sulfone groups is 1. The van der Waals surface area contributed by atoms with E-state index in [1.165, 1.54) is 29.5 Å². The molecule has 0 spiro atoms. The number of hydrogen-bond donors (Lipinski definition) is 1. The minimum absolute atomic E-state index is 0. The standard InChI is InChI=1S/C18H21N3O5S2.CH4/c1-28(25,26)16-7-6-13(11-15(16)21(23)24)14(10-12-4-2-3-5-12)17(22)20-18-19-8-9-27-18;/h6-9,11-12,14H,2-5,10H2,1H3,(H,19,20,22);1H4. The Bertz CT molecular complexity index is 968. The molecule has 8 nitrogen and oxygen atoms in total. The fourth-order valence-corrected chi connectivity index (χ4v) is 5.02. The molecule has 1 aliphatic rings. The molecule has 158 valence electrons. The van der Waals surface area contributed by atoms with Crippen molar-refractivity contribution >= 4 is 37.9 Å². The highest BCUT2D eigenvalue weighted by molar-refractivity contribution is 7.90. The molecule has 1 aliphatic carbocycles. The smallest absolute Gasteiger partial charge is 0.288 e. The number of nitro groups is 1. The molecule has 29 heavy (non-hydrogen) atoms. The highest BCUT2D eigenvalue weighted by Gasteiger charge is 2.30. The Morgan fingerprint density at radius 1 is 1.38 bits per heavy atom. The molecule has 0 bridgehead atoms. The van der Waals surface area contributed by atoms with Crippen LogP contribution >= 0.6 is 11.3 Å². The van der Waals surface area contributed by atoms with Gasteiger partial charge in [0.25, 0.3) is 5.69 Å². The van der Waals surface area contributed by atoms with Crippen LogP contribution in [0.2, 0.25) is 0 Å². The van der Waals surface area contributed by atoms with Gasteiger partial charge in [-0.25, -0.2) is 13.4 Å². The summed E-state index contributed by atoms with van der Waals surface area (Å²) in [5, 5.41) is 16.4. The summed E-state index contributed by atoms with van der Waals surface area (Å²) in [4.78, 5) is 27.4. The predicted molar refractivity (Wildman–Crippen MR) is 113 cm³/mol. The molecule has 1 heterocycles. The lowest BCUT2D eigenvalue weighted by atomic mass is 9.87. The molecule has 1 amide bonds. The van der Waals surface area contributed by atoms with Crippen LogP contribution in [0, 0.1) is 16.0 Å². The van der Waals surface area contributed by atoms with Gasteiger partial charge in [0.2, 0.25) is 5.91 Å². The third-order valence-corrected chi connectivity index (χ3v) is 6.84. The van der Waals surface area contributed by atoms with E-state index in [1.54, 1.807) is 11.6 Å². The third-order valence-electron chi connectivity index (χ3n) is 5.00. The average Bonchev–Trinajstić information content (AvgIpc) is 3.32. The van der Waals surface area contributed by atoms with E-state index in [0.717, 1.165) is 31.9 Å². The SMILES string of the molecule is C.CS(=O)(=O)c1ccc(C(CC2CCCC2)C(=O)Nc2nccs2)cc1[N+](=O)[O-]. The lowest BCUT2D eigenvalue weighted by Crippen LogP contribution is -2.23. The molecule has 1 atom stereocenters. The molecule has 10 heteroatoms. The molecule has 0 saturated heterocycles. The maximum atomic E-state index is 12.9. The Morgan fingerprint density at radius 2 is 2.07 bits per heavy atom. The van der Waals surface area contributed by atoms with Crippen LogP contribution in [0.1, 0.15) is 51.0 Å². The number of nitrogens with zero attached hydrogens (tertiary/aromatic N) is 2. The summed E-state index contributed by atoms with van der Waals surface area (Å²) in [6.07, 6.45) is 7.33. The zero-order valence-electron chi connectivity index (χ0n) is 15.3. The monoisotopic (exact) mass is 439 g/mol. The first-order chi connectivity index (χ1) is 13.3. The first kappa shape index (κ1) is 23.0. The molecule has 1 N–H and O–H groups in total. The van der Waals surface area contributed by atoms with Crippen molar-refractivity contribution < 1.29 is 18.1 Å². The third kappa shape index (κ3) is 5.60. The normalized spacial score (nSPS) is 15.5. The van der Waals surface area contributed by atoms with Crippen molar-refractivity contribution in [3.63, 3.8) is 0 Å². The number of hydrogen-bond acceptors (Lipinski definition) is 7. The van der Waals surface area contributed by atoms with E-state index in [9.17, 15) is 23.3 Å². The first-order valence-electron chi connectivity index (χ1n) is 8.94. The van der Waals surface area contributed by atoms with E-state index in [-0.39, 0.29) is 18.2 Å². The van der Waals surface area contributed by atoms with Crippen LogP contribution in [0.25, 0.3) is 0 Å². The number of anilines is 1. The van der Waals surface area contributed by atoms with Crippen molar-refractivity contribution in [3.05, 3.63) is 45.5 Å². The predicted octanol–water partition coefficient (Wildman–Crippen LogP) is 4.39. The molecular weight excluding hydrogens is 414 g/mol. The zero-order chi connectivity index (χ0) is 20.3. The second kappa shape index (κ2) is 9.45. The summed E-state index contributed by atoms with van der Waals surface area (Å²) in [5.41, 5.74) is -0.0569. The van der Waals surface area contributed by atoms with Crippen LogP contribution in [-0.4, -0.2) is 30.5 Å². The zero-order valence-corrected chi connectivity index (χ0v) is 17.0. The van der Waals surface area contributed by atoms with Crippen LogP contribution in [0.4, 0.5) is 10.8 Å². The van der Waals surface area contributed by atoms with Crippen molar-refractivity contribution in [2.75, 3.05) is 11.6 Å². The maximum absolute atomic E-state index is 12.9. The molecular formula is C19H25N3O5S2. The van der Waals surface area contributed by atoms with Crippen LogP contribution < -0.4 is 5.32 Å². The summed E-state index contributed by atoms with van der Waals surface area (Å²) in [7, 11) is -3.76.